The molecule has 0 radical (unpaired) electrons. The molecule has 0 atom stereocenters. The minimum absolute atomic E-state index is 0.0176. The van der Waals surface area contributed by atoms with Crippen molar-refractivity contribution in [2.24, 2.45) is 0 Å². The Morgan fingerprint density at radius 1 is 0.529 bits per heavy atom. The summed E-state index contributed by atoms with van der Waals surface area (Å²) in [7, 11) is -9.49. The number of ether oxygens (including phenoxy) is 2. The summed E-state index contributed by atoms with van der Waals surface area (Å²) in [5.74, 6) is 0.383. The second-order valence-electron chi connectivity index (χ2n) is 11.5. The lowest BCUT2D eigenvalue weighted by atomic mass is 10.0. The summed E-state index contributed by atoms with van der Waals surface area (Å²) in [5, 5.41) is 0. The summed E-state index contributed by atoms with van der Waals surface area (Å²) >= 11 is 3.01. The van der Waals surface area contributed by atoms with Crippen molar-refractivity contribution < 1.29 is 35.4 Å². The van der Waals surface area contributed by atoms with Gasteiger partial charge in [-0.25, -0.2) is 0 Å². The number of fused-ring (bicyclic) bond motifs is 3. The van der Waals surface area contributed by atoms with Crippen LogP contribution in [-0.2, 0) is 26.7 Å². The first-order chi connectivity index (χ1) is 24.3. The minimum Gasteiger partial charge on any atom is -0.453 e. The first-order valence-corrected chi connectivity index (χ1v) is 19.7. The highest BCUT2D eigenvalue weighted by molar-refractivity contribution is 7.99. The fourth-order valence-electron chi connectivity index (χ4n) is 5.51. The lowest BCUT2D eigenvalue weighted by Crippen LogP contribution is -2.05. The zero-order valence-electron chi connectivity index (χ0n) is 26.4. The summed E-state index contributed by atoms with van der Waals surface area (Å²) < 4.78 is 82.8. The molecule has 0 saturated heterocycles. The Morgan fingerprint density at radius 3 is 1.43 bits per heavy atom. The van der Waals surface area contributed by atoms with Crippen LogP contribution in [0.3, 0.4) is 0 Å². The van der Waals surface area contributed by atoms with Gasteiger partial charge in [-0.1, -0.05) is 29.6 Å². The normalized spacial score (nSPS) is 12.3. The smallest absolute Gasteiger partial charge is 0.298 e. The van der Waals surface area contributed by atoms with Crippen molar-refractivity contribution in [3.63, 3.8) is 0 Å². The molecule has 1 aliphatic rings. The molecular formula is C37H28N2O8S4. The molecule has 10 nitrogen and oxygen atoms in total. The number of hydrogen-bond acceptors (Lipinski definition) is 10. The second-order valence-corrected chi connectivity index (χ2v) is 16.6. The van der Waals surface area contributed by atoms with Crippen LogP contribution in [0.5, 0.6) is 23.0 Å². The molecule has 6 aromatic rings. The predicted octanol–water partition coefficient (Wildman–Crippen LogP) is 8.80. The molecular weight excluding hydrogens is 729 g/mol. The van der Waals surface area contributed by atoms with E-state index in [9.17, 15) is 25.9 Å². The molecule has 258 valence electrons. The number of anilines is 2. The van der Waals surface area contributed by atoms with Gasteiger partial charge in [-0.15, -0.1) is 0 Å². The van der Waals surface area contributed by atoms with Crippen molar-refractivity contribution >= 4 is 55.1 Å². The van der Waals surface area contributed by atoms with Gasteiger partial charge in [-0.05, 0) is 132 Å². The first kappa shape index (κ1) is 34.5. The van der Waals surface area contributed by atoms with Crippen LogP contribution in [0.1, 0.15) is 11.1 Å². The van der Waals surface area contributed by atoms with E-state index < -0.39 is 25.1 Å². The number of benzene rings is 6. The molecule has 1 aliphatic carbocycles. The number of hydrogen-bond donors (Lipinski definition) is 4. The topological polar surface area (TPSA) is 179 Å². The SMILES string of the molecule is Nc1ccc(Sc2ccc(Oc3c(S(=O)(=O)O)cc4c(c3Oc3ccc(Sc5ccc(N)cc5)cc3)Cc3ccc(S(=O)(=O)O)cc3-4)cc2)cc1. The van der Waals surface area contributed by atoms with Gasteiger partial charge in [0.15, 0.2) is 11.5 Å². The molecule has 0 spiro atoms. The standard InChI is InChI=1S/C37H28N2O8S4/c38-23-2-10-27(11-3-23)48-29-14-6-25(7-15-29)46-36-34-19-22-1-18-31(50(40,41)42)20-32(22)33(34)21-35(51(43,44)45)37(36)47-26-8-16-30(17-9-26)49-28-12-4-24(39)5-13-28/h1-18,20-21H,19,38-39H2,(H,40,41,42)(H,43,44,45). The molecule has 7 rings (SSSR count). The molecule has 0 bridgehead atoms. The zero-order valence-corrected chi connectivity index (χ0v) is 29.7. The van der Waals surface area contributed by atoms with Crippen LogP contribution < -0.4 is 20.9 Å². The molecule has 14 heteroatoms. The Bertz CT molecular complexity index is 2490. The zero-order chi connectivity index (χ0) is 35.9. The summed E-state index contributed by atoms with van der Waals surface area (Å²) in [6, 6.07) is 34.2. The van der Waals surface area contributed by atoms with Crippen LogP contribution >= 0.6 is 23.5 Å². The first-order valence-electron chi connectivity index (χ1n) is 15.2. The third-order valence-electron chi connectivity index (χ3n) is 7.94. The summed E-state index contributed by atoms with van der Waals surface area (Å²) in [6.45, 7) is 0. The number of nitrogens with two attached hydrogens (primary N) is 2. The maximum atomic E-state index is 13.0. The van der Waals surface area contributed by atoms with E-state index in [0.29, 0.717) is 39.4 Å². The number of rotatable bonds is 10. The van der Waals surface area contributed by atoms with E-state index in [2.05, 4.69) is 0 Å². The lowest BCUT2D eigenvalue weighted by molar-refractivity contribution is 0.401. The minimum atomic E-state index is -4.93. The largest absolute Gasteiger partial charge is 0.453 e. The fraction of sp³-hybridized carbons (Fsp3) is 0.0270. The van der Waals surface area contributed by atoms with Crippen molar-refractivity contribution in [2.45, 2.75) is 35.8 Å². The molecule has 0 heterocycles. The third-order valence-corrected chi connectivity index (χ3v) is 11.7. The summed E-state index contributed by atoms with van der Waals surface area (Å²) in [5.41, 5.74) is 14.7. The van der Waals surface area contributed by atoms with Crippen LogP contribution in [0.25, 0.3) is 11.1 Å². The van der Waals surface area contributed by atoms with E-state index in [1.807, 2.05) is 60.7 Å². The van der Waals surface area contributed by atoms with Gasteiger partial charge in [0.1, 0.15) is 16.4 Å². The monoisotopic (exact) mass is 756 g/mol. The Morgan fingerprint density at radius 2 is 0.980 bits per heavy atom. The van der Waals surface area contributed by atoms with E-state index in [4.69, 9.17) is 20.9 Å². The van der Waals surface area contributed by atoms with E-state index in [0.717, 1.165) is 19.6 Å². The summed E-state index contributed by atoms with van der Waals surface area (Å²) in [6.07, 6.45) is 0.218. The molecule has 6 aromatic carbocycles. The second kappa shape index (κ2) is 13.6. The van der Waals surface area contributed by atoms with Crippen molar-refractivity contribution in [2.75, 3.05) is 11.5 Å². The lowest BCUT2D eigenvalue weighted by Gasteiger charge is -2.19. The maximum absolute atomic E-state index is 13.0. The van der Waals surface area contributed by atoms with E-state index in [-0.39, 0.29) is 28.6 Å². The van der Waals surface area contributed by atoms with Crippen LogP contribution in [0.2, 0.25) is 0 Å². The van der Waals surface area contributed by atoms with Gasteiger partial charge >= 0.3 is 0 Å². The van der Waals surface area contributed by atoms with Crippen LogP contribution in [-0.4, -0.2) is 25.9 Å². The predicted molar refractivity (Wildman–Crippen MR) is 197 cm³/mol. The molecule has 0 unspecified atom stereocenters. The molecule has 0 amide bonds. The molecule has 51 heavy (non-hydrogen) atoms. The molecule has 0 fully saturated rings. The van der Waals surface area contributed by atoms with Gasteiger partial charge in [0.25, 0.3) is 20.2 Å². The van der Waals surface area contributed by atoms with Crippen molar-refractivity contribution in [3.8, 4) is 34.1 Å². The van der Waals surface area contributed by atoms with Crippen LogP contribution in [0, 0.1) is 0 Å². The van der Waals surface area contributed by atoms with Crippen molar-refractivity contribution in [1.82, 2.24) is 0 Å². The van der Waals surface area contributed by atoms with Gasteiger partial charge in [0.05, 0.1) is 4.90 Å². The van der Waals surface area contributed by atoms with Gasteiger partial charge in [0.2, 0.25) is 0 Å². The van der Waals surface area contributed by atoms with Gasteiger partial charge in [-0.3, -0.25) is 9.11 Å². The Labute approximate surface area is 302 Å². The highest BCUT2D eigenvalue weighted by Gasteiger charge is 2.33. The number of nitrogen functional groups attached to an aromatic ring is 2. The van der Waals surface area contributed by atoms with Crippen molar-refractivity contribution in [3.05, 3.63) is 132 Å². The van der Waals surface area contributed by atoms with Crippen LogP contribution in [0.15, 0.2) is 151 Å². The van der Waals surface area contributed by atoms with Crippen molar-refractivity contribution in [1.29, 1.82) is 0 Å². The van der Waals surface area contributed by atoms with Crippen LogP contribution in [0.4, 0.5) is 11.4 Å². The average Bonchev–Trinajstić information content (AvgIpc) is 3.46. The quantitative estimate of drug-likeness (QED) is 0.0771. The highest BCUT2D eigenvalue weighted by atomic mass is 32.2. The fourth-order valence-corrected chi connectivity index (χ4v) is 8.28. The Balaban J connectivity index is 1.29. The molecule has 6 N–H and O–H groups in total. The van der Waals surface area contributed by atoms with E-state index in [1.54, 1.807) is 36.4 Å². The van der Waals surface area contributed by atoms with E-state index in [1.165, 1.54) is 47.8 Å². The van der Waals surface area contributed by atoms with Gasteiger partial charge in [-0.2, -0.15) is 16.8 Å². The van der Waals surface area contributed by atoms with Gasteiger partial charge in [0, 0.05) is 42.9 Å². The van der Waals surface area contributed by atoms with E-state index >= 15 is 0 Å². The maximum Gasteiger partial charge on any atom is 0.298 e. The molecule has 0 saturated carbocycles. The third kappa shape index (κ3) is 7.71. The average molecular weight is 757 g/mol. The Hall–Kier alpha value is -4.96. The molecule has 0 aliphatic heterocycles. The highest BCUT2D eigenvalue weighted by Crippen LogP contribution is 2.52. The molecule has 0 aromatic heterocycles. The van der Waals surface area contributed by atoms with Gasteiger partial charge < -0.3 is 20.9 Å². The summed E-state index contributed by atoms with van der Waals surface area (Å²) in [4.78, 5) is 2.79. The Kier molecular flexibility index (Phi) is 9.22.